The SMILES string of the molecule is CC(C)(N)C(=O)CCS(=O)(=O)CCO. The quantitative estimate of drug-likeness (QED) is 0.607. The van der Waals surface area contributed by atoms with Gasteiger partial charge in [-0.05, 0) is 13.8 Å². The van der Waals surface area contributed by atoms with Crippen LogP contribution in [0.3, 0.4) is 0 Å². The van der Waals surface area contributed by atoms with E-state index in [0.717, 1.165) is 0 Å². The number of aliphatic hydroxyl groups is 1. The molecular weight excluding hydrogens is 206 g/mol. The van der Waals surface area contributed by atoms with Crippen LogP contribution in [0.5, 0.6) is 0 Å². The van der Waals surface area contributed by atoms with E-state index < -0.39 is 22.0 Å². The van der Waals surface area contributed by atoms with Crippen molar-refractivity contribution in [2.45, 2.75) is 25.8 Å². The predicted molar refractivity (Wildman–Crippen MR) is 53.6 cm³/mol. The van der Waals surface area contributed by atoms with E-state index in [1.807, 2.05) is 0 Å². The molecule has 0 aliphatic heterocycles. The van der Waals surface area contributed by atoms with E-state index in [1.54, 1.807) is 0 Å². The van der Waals surface area contributed by atoms with Crippen LogP contribution >= 0.6 is 0 Å². The molecule has 0 aromatic rings. The van der Waals surface area contributed by atoms with Gasteiger partial charge in [-0.1, -0.05) is 0 Å². The van der Waals surface area contributed by atoms with Gasteiger partial charge in [-0.3, -0.25) is 4.79 Å². The van der Waals surface area contributed by atoms with Crippen molar-refractivity contribution in [1.29, 1.82) is 0 Å². The summed E-state index contributed by atoms with van der Waals surface area (Å²) in [7, 11) is -3.31. The van der Waals surface area contributed by atoms with Gasteiger partial charge in [-0.2, -0.15) is 0 Å². The number of hydrogen-bond donors (Lipinski definition) is 2. The van der Waals surface area contributed by atoms with E-state index >= 15 is 0 Å². The van der Waals surface area contributed by atoms with Crippen LogP contribution in [0.25, 0.3) is 0 Å². The summed E-state index contributed by atoms with van der Waals surface area (Å²) >= 11 is 0. The van der Waals surface area contributed by atoms with Crippen LogP contribution in [-0.2, 0) is 14.6 Å². The average Bonchev–Trinajstić information content (AvgIpc) is 1.98. The van der Waals surface area contributed by atoms with Gasteiger partial charge in [0.1, 0.15) is 0 Å². The minimum absolute atomic E-state index is 0.0914. The van der Waals surface area contributed by atoms with Gasteiger partial charge in [-0.15, -0.1) is 0 Å². The fourth-order valence-electron chi connectivity index (χ4n) is 0.812. The Morgan fingerprint density at radius 2 is 1.86 bits per heavy atom. The van der Waals surface area contributed by atoms with Crippen LogP contribution < -0.4 is 5.73 Å². The minimum Gasteiger partial charge on any atom is -0.395 e. The molecule has 0 aliphatic rings. The molecule has 5 nitrogen and oxygen atoms in total. The molecule has 14 heavy (non-hydrogen) atoms. The summed E-state index contributed by atoms with van der Waals surface area (Å²) < 4.78 is 22.2. The summed E-state index contributed by atoms with van der Waals surface area (Å²) in [5.74, 6) is -0.836. The van der Waals surface area contributed by atoms with Crippen molar-refractivity contribution >= 4 is 15.6 Å². The second-order valence-corrected chi connectivity index (χ2v) is 6.07. The Morgan fingerprint density at radius 1 is 1.36 bits per heavy atom. The first kappa shape index (κ1) is 13.5. The summed E-state index contributed by atoms with van der Waals surface area (Å²) in [5, 5.41) is 8.44. The molecule has 0 unspecified atom stereocenters. The summed E-state index contributed by atoms with van der Waals surface area (Å²) in [4.78, 5) is 11.3. The number of hydrogen-bond acceptors (Lipinski definition) is 5. The molecule has 0 saturated heterocycles. The van der Waals surface area contributed by atoms with Crippen LogP contribution in [0.1, 0.15) is 20.3 Å². The Morgan fingerprint density at radius 3 is 2.21 bits per heavy atom. The fraction of sp³-hybridized carbons (Fsp3) is 0.875. The molecule has 0 fully saturated rings. The van der Waals surface area contributed by atoms with Crippen LogP contribution in [-0.4, -0.2) is 43.0 Å². The molecule has 0 aromatic carbocycles. The molecule has 0 rings (SSSR count). The van der Waals surface area contributed by atoms with Gasteiger partial charge in [0.05, 0.1) is 23.7 Å². The highest BCUT2D eigenvalue weighted by molar-refractivity contribution is 7.91. The maximum absolute atomic E-state index is 11.3. The lowest BCUT2D eigenvalue weighted by Crippen LogP contribution is -2.42. The van der Waals surface area contributed by atoms with Crippen molar-refractivity contribution in [3.05, 3.63) is 0 Å². The predicted octanol–water partition coefficient (Wildman–Crippen LogP) is -0.910. The molecule has 84 valence electrons. The Bertz CT molecular complexity index is 289. The van der Waals surface area contributed by atoms with Gasteiger partial charge in [0.2, 0.25) is 0 Å². The Labute approximate surface area is 84.2 Å². The zero-order chi connectivity index (χ0) is 11.4. The molecule has 0 bridgehead atoms. The number of carbonyl (C=O) groups is 1. The lowest BCUT2D eigenvalue weighted by Gasteiger charge is -2.16. The number of nitrogens with two attached hydrogens (primary N) is 1. The summed E-state index contributed by atoms with van der Waals surface area (Å²) in [5.41, 5.74) is 4.50. The number of sulfone groups is 1. The van der Waals surface area contributed by atoms with E-state index in [1.165, 1.54) is 13.8 Å². The number of Topliss-reactive ketones (excluding diaryl/α,β-unsaturated/α-hetero) is 1. The van der Waals surface area contributed by atoms with Crippen molar-refractivity contribution in [3.8, 4) is 0 Å². The van der Waals surface area contributed by atoms with E-state index in [4.69, 9.17) is 10.8 Å². The maximum Gasteiger partial charge on any atom is 0.153 e. The summed E-state index contributed by atoms with van der Waals surface area (Å²) in [6, 6.07) is 0. The van der Waals surface area contributed by atoms with Crippen molar-refractivity contribution in [3.63, 3.8) is 0 Å². The highest BCUT2D eigenvalue weighted by Gasteiger charge is 2.23. The van der Waals surface area contributed by atoms with Gasteiger partial charge in [0.25, 0.3) is 0 Å². The standard InChI is InChI=1S/C8H17NO4S/c1-8(2,9)7(11)3-5-14(12,13)6-4-10/h10H,3-6,9H2,1-2H3. The van der Waals surface area contributed by atoms with E-state index in [0.29, 0.717) is 0 Å². The van der Waals surface area contributed by atoms with Crippen LogP contribution in [0.15, 0.2) is 0 Å². The molecule has 0 atom stereocenters. The summed E-state index contributed by atoms with van der Waals surface area (Å²) in [6.07, 6.45) is -0.0914. The third-order valence-corrected chi connectivity index (χ3v) is 3.39. The molecule has 6 heteroatoms. The van der Waals surface area contributed by atoms with Crippen molar-refractivity contribution in [2.24, 2.45) is 5.73 Å². The number of carbonyl (C=O) groups excluding carboxylic acids is 1. The van der Waals surface area contributed by atoms with Gasteiger partial charge >= 0.3 is 0 Å². The zero-order valence-electron chi connectivity index (χ0n) is 8.49. The molecule has 0 heterocycles. The monoisotopic (exact) mass is 223 g/mol. The Balaban J connectivity index is 4.14. The highest BCUT2D eigenvalue weighted by atomic mass is 32.2. The molecule has 0 aromatic heterocycles. The Hall–Kier alpha value is -0.460. The van der Waals surface area contributed by atoms with Gasteiger partial charge in [0, 0.05) is 6.42 Å². The van der Waals surface area contributed by atoms with E-state index in [2.05, 4.69) is 0 Å². The number of rotatable bonds is 6. The van der Waals surface area contributed by atoms with Gasteiger partial charge in [0.15, 0.2) is 15.6 Å². The first-order valence-electron chi connectivity index (χ1n) is 4.32. The maximum atomic E-state index is 11.3. The third-order valence-electron chi connectivity index (χ3n) is 1.76. The van der Waals surface area contributed by atoms with Crippen molar-refractivity contribution < 1.29 is 18.3 Å². The first-order valence-corrected chi connectivity index (χ1v) is 6.14. The van der Waals surface area contributed by atoms with Crippen molar-refractivity contribution in [2.75, 3.05) is 18.1 Å². The molecule has 0 radical (unpaired) electrons. The molecule has 3 N–H and O–H groups in total. The van der Waals surface area contributed by atoms with Gasteiger partial charge < -0.3 is 10.8 Å². The second kappa shape index (κ2) is 4.86. The molecule has 0 aliphatic carbocycles. The molecular formula is C8H17NO4S. The smallest absolute Gasteiger partial charge is 0.153 e. The highest BCUT2D eigenvalue weighted by Crippen LogP contribution is 2.04. The number of aliphatic hydroxyl groups excluding tert-OH is 1. The van der Waals surface area contributed by atoms with Crippen LogP contribution in [0, 0.1) is 0 Å². The van der Waals surface area contributed by atoms with Crippen LogP contribution in [0.2, 0.25) is 0 Å². The van der Waals surface area contributed by atoms with Crippen LogP contribution in [0.4, 0.5) is 0 Å². The Kier molecular flexibility index (Phi) is 4.70. The lowest BCUT2D eigenvalue weighted by molar-refractivity contribution is -0.122. The van der Waals surface area contributed by atoms with E-state index in [-0.39, 0.29) is 23.7 Å². The molecule has 0 spiro atoms. The molecule has 0 amide bonds. The second-order valence-electron chi connectivity index (χ2n) is 3.77. The lowest BCUT2D eigenvalue weighted by atomic mass is 9.99. The number of ketones is 1. The normalized spacial score (nSPS) is 12.9. The average molecular weight is 223 g/mol. The first-order chi connectivity index (χ1) is 6.19. The summed E-state index contributed by atoms with van der Waals surface area (Å²) in [6.45, 7) is 2.66. The van der Waals surface area contributed by atoms with Crippen molar-refractivity contribution in [1.82, 2.24) is 0 Å². The van der Waals surface area contributed by atoms with E-state index in [9.17, 15) is 13.2 Å². The third kappa shape index (κ3) is 5.31. The molecule has 0 saturated carbocycles. The minimum atomic E-state index is -3.31. The largest absolute Gasteiger partial charge is 0.395 e. The topological polar surface area (TPSA) is 97.5 Å². The fourth-order valence-corrected chi connectivity index (χ4v) is 1.79. The zero-order valence-corrected chi connectivity index (χ0v) is 9.30. The van der Waals surface area contributed by atoms with Gasteiger partial charge in [-0.25, -0.2) is 8.42 Å².